The lowest BCUT2D eigenvalue weighted by atomic mass is 9.84. The van der Waals surface area contributed by atoms with Crippen LogP contribution in [-0.2, 0) is 0 Å². The van der Waals surface area contributed by atoms with Crippen molar-refractivity contribution in [2.24, 2.45) is 5.92 Å². The van der Waals surface area contributed by atoms with Crippen molar-refractivity contribution < 1.29 is 0 Å². The third-order valence-electron chi connectivity index (χ3n) is 3.73. The largest absolute Gasteiger partial charge is 0.367 e. The summed E-state index contributed by atoms with van der Waals surface area (Å²) in [5, 5.41) is 3.58. The number of aromatic nitrogens is 1. The Hall–Kier alpha value is -0.570. The van der Waals surface area contributed by atoms with E-state index in [-0.39, 0.29) is 0 Å². The molecule has 1 heterocycles. The maximum Gasteiger partial charge on any atom is 0.126 e. The molecule has 1 aromatic rings. The van der Waals surface area contributed by atoms with Gasteiger partial charge in [-0.25, -0.2) is 4.98 Å². The van der Waals surface area contributed by atoms with Gasteiger partial charge in [0.15, 0.2) is 0 Å². The minimum Gasteiger partial charge on any atom is -0.367 e. The number of hydrogen-bond acceptors (Lipinski definition) is 2. The van der Waals surface area contributed by atoms with Crippen LogP contribution >= 0.6 is 15.9 Å². The van der Waals surface area contributed by atoms with E-state index in [1.165, 1.54) is 32.1 Å². The van der Waals surface area contributed by atoms with Gasteiger partial charge in [0.25, 0.3) is 0 Å². The van der Waals surface area contributed by atoms with Crippen molar-refractivity contribution in [3.05, 3.63) is 22.3 Å². The van der Waals surface area contributed by atoms with Crippen LogP contribution in [0.3, 0.4) is 0 Å². The first kappa shape index (κ1) is 12.9. The van der Waals surface area contributed by atoms with Crippen LogP contribution in [0.5, 0.6) is 0 Å². The second kappa shape index (κ2) is 5.85. The third-order valence-corrected chi connectivity index (χ3v) is 4.57. The number of rotatable bonds is 3. The van der Waals surface area contributed by atoms with E-state index in [9.17, 15) is 0 Å². The number of pyridine rings is 1. The second-order valence-corrected chi connectivity index (χ2v) is 5.90. The summed E-state index contributed by atoms with van der Waals surface area (Å²) in [6.07, 6.45) is 6.65. The summed E-state index contributed by atoms with van der Waals surface area (Å²) in [5.74, 6) is 1.92. The average molecular weight is 297 g/mol. The van der Waals surface area contributed by atoms with Gasteiger partial charge < -0.3 is 5.32 Å². The molecule has 0 amide bonds. The quantitative estimate of drug-likeness (QED) is 0.886. The van der Waals surface area contributed by atoms with Crippen molar-refractivity contribution in [1.82, 2.24) is 4.98 Å². The molecule has 0 radical (unpaired) electrons. The minimum absolute atomic E-state index is 0.613. The molecular weight excluding hydrogens is 276 g/mol. The lowest BCUT2D eigenvalue weighted by Gasteiger charge is -2.29. The molecule has 1 aromatic heterocycles. The Bertz CT molecular complexity index is 378. The zero-order valence-electron chi connectivity index (χ0n) is 10.7. The highest BCUT2D eigenvalue weighted by atomic mass is 79.9. The van der Waals surface area contributed by atoms with Gasteiger partial charge in [0.1, 0.15) is 5.82 Å². The SMILES string of the molecule is CCC1CCCC(Nc2ccc(Br)c(C)n2)C1. The Balaban J connectivity index is 1.97. The number of anilines is 1. The lowest BCUT2D eigenvalue weighted by Crippen LogP contribution is -2.27. The Morgan fingerprint density at radius 1 is 1.41 bits per heavy atom. The molecule has 1 fully saturated rings. The topological polar surface area (TPSA) is 24.9 Å². The molecule has 17 heavy (non-hydrogen) atoms. The lowest BCUT2D eigenvalue weighted by molar-refractivity contribution is 0.327. The van der Waals surface area contributed by atoms with Gasteiger partial charge in [-0.1, -0.05) is 26.2 Å². The molecular formula is C14H21BrN2. The van der Waals surface area contributed by atoms with Crippen molar-refractivity contribution in [1.29, 1.82) is 0 Å². The summed E-state index contributed by atoms with van der Waals surface area (Å²) in [6, 6.07) is 4.75. The highest BCUT2D eigenvalue weighted by Gasteiger charge is 2.20. The Morgan fingerprint density at radius 2 is 2.24 bits per heavy atom. The van der Waals surface area contributed by atoms with Crippen molar-refractivity contribution in [2.45, 2.75) is 52.0 Å². The molecule has 0 aromatic carbocycles. The van der Waals surface area contributed by atoms with Gasteiger partial charge >= 0.3 is 0 Å². The monoisotopic (exact) mass is 296 g/mol. The summed E-state index contributed by atoms with van der Waals surface area (Å²) in [6.45, 7) is 4.33. The molecule has 2 unspecified atom stereocenters. The predicted molar refractivity (Wildman–Crippen MR) is 76.3 cm³/mol. The van der Waals surface area contributed by atoms with Crippen LogP contribution in [-0.4, -0.2) is 11.0 Å². The van der Waals surface area contributed by atoms with Crippen LogP contribution in [0.4, 0.5) is 5.82 Å². The van der Waals surface area contributed by atoms with Gasteiger partial charge in [-0.15, -0.1) is 0 Å². The van der Waals surface area contributed by atoms with Gasteiger partial charge in [-0.05, 0) is 53.7 Å². The van der Waals surface area contributed by atoms with Crippen LogP contribution in [0.1, 0.15) is 44.7 Å². The van der Waals surface area contributed by atoms with E-state index in [1.54, 1.807) is 0 Å². The summed E-state index contributed by atoms with van der Waals surface area (Å²) in [5.41, 5.74) is 1.05. The van der Waals surface area contributed by atoms with Crippen molar-refractivity contribution in [3.8, 4) is 0 Å². The Morgan fingerprint density at radius 3 is 2.94 bits per heavy atom. The second-order valence-electron chi connectivity index (χ2n) is 5.05. The fraction of sp³-hybridized carbons (Fsp3) is 0.643. The number of aryl methyl sites for hydroxylation is 1. The fourth-order valence-corrected chi connectivity index (χ4v) is 2.85. The molecule has 94 valence electrons. The molecule has 1 aliphatic carbocycles. The molecule has 0 spiro atoms. The van der Waals surface area contributed by atoms with E-state index in [2.05, 4.69) is 45.3 Å². The standard InChI is InChI=1S/C14H21BrN2/c1-3-11-5-4-6-12(9-11)17-14-8-7-13(15)10(2)16-14/h7-8,11-12H,3-6,9H2,1-2H3,(H,16,17). The van der Waals surface area contributed by atoms with Crippen LogP contribution in [0.15, 0.2) is 16.6 Å². The third kappa shape index (κ3) is 3.44. The van der Waals surface area contributed by atoms with Gasteiger partial charge in [-0.3, -0.25) is 0 Å². The summed E-state index contributed by atoms with van der Waals surface area (Å²) in [4.78, 5) is 4.56. The average Bonchev–Trinajstić information content (AvgIpc) is 2.34. The molecule has 3 heteroatoms. The smallest absolute Gasteiger partial charge is 0.126 e. The zero-order chi connectivity index (χ0) is 12.3. The maximum absolute atomic E-state index is 4.56. The van der Waals surface area contributed by atoms with Crippen molar-refractivity contribution in [3.63, 3.8) is 0 Å². The molecule has 1 aliphatic rings. The van der Waals surface area contributed by atoms with Gasteiger partial charge in [0.05, 0.1) is 5.69 Å². The first-order chi connectivity index (χ1) is 8.19. The Labute approximate surface area is 112 Å². The molecule has 2 nitrogen and oxygen atoms in total. The van der Waals surface area contributed by atoms with Gasteiger partial charge in [0, 0.05) is 10.5 Å². The highest BCUT2D eigenvalue weighted by molar-refractivity contribution is 9.10. The minimum atomic E-state index is 0.613. The van der Waals surface area contributed by atoms with E-state index in [1.807, 2.05) is 6.92 Å². The number of hydrogen-bond donors (Lipinski definition) is 1. The summed E-state index contributed by atoms with van der Waals surface area (Å²) < 4.78 is 1.08. The predicted octanol–water partition coefficient (Wildman–Crippen LogP) is 4.53. The normalized spacial score (nSPS) is 24.6. The van der Waals surface area contributed by atoms with Crippen LogP contribution in [0, 0.1) is 12.8 Å². The molecule has 0 saturated heterocycles. The fourth-order valence-electron chi connectivity index (χ4n) is 2.63. The highest BCUT2D eigenvalue weighted by Crippen LogP contribution is 2.28. The van der Waals surface area contributed by atoms with Crippen LogP contribution < -0.4 is 5.32 Å². The van der Waals surface area contributed by atoms with E-state index in [0.29, 0.717) is 6.04 Å². The van der Waals surface area contributed by atoms with Crippen LogP contribution in [0.2, 0.25) is 0 Å². The molecule has 2 atom stereocenters. The van der Waals surface area contributed by atoms with Gasteiger partial charge in [0.2, 0.25) is 0 Å². The van der Waals surface area contributed by atoms with E-state index in [0.717, 1.165) is 21.9 Å². The molecule has 1 N–H and O–H groups in total. The van der Waals surface area contributed by atoms with Crippen molar-refractivity contribution in [2.75, 3.05) is 5.32 Å². The van der Waals surface area contributed by atoms with Gasteiger partial charge in [-0.2, -0.15) is 0 Å². The first-order valence-corrected chi connectivity index (χ1v) is 7.38. The number of nitrogens with zero attached hydrogens (tertiary/aromatic N) is 1. The molecule has 0 aliphatic heterocycles. The first-order valence-electron chi connectivity index (χ1n) is 6.58. The van der Waals surface area contributed by atoms with E-state index in [4.69, 9.17) is 0 Å². The number of nitrogens with one attached hydrogen (secondary N) is 1. The van der Waals surface area contributed by atoms with Crippen LogP contribution in [0.25, 0.3) is 0 Å². The molecule has 1 saturated carbocycles. The zero-order valence-corrected chi connectivity index (χ0v) is 12.3. The maximum atomic E-state index is 4.56. The molecule has 2 rings (SSSR count). The number of halogens is 1. The van der Waals surface area contributed by atoms with E-state index >= 15 is 0 Å². The van der Waals surface area contributed by atoms with Crippen molar-refractivity contribution >= 4 is 21.7 Å². The Kier molecular flexibility index (Phi) is 4.43. The summed E-state index contributed by atoms with van der Waals surface area (Å²) >= 11 is 3.49. The van der Waals surface area contributed by atoms with E-state index < -0.39 is 0 Å². The molecule has 0 bridgehead atoms. The summed E-state index contributed by atoms with van der Waals surface area (Å²) in [7, 11) is 0.